The molecule has 104 valence electrons. The molecule has 2 heterocycles. The molecule has 0 radical (unpaired) electrons. The fraction of sp³-hybridized carbons (Fsp3) is 0.571. The van der Waals surface area contributed by atoms with Crippen LogP contribution in [-0.4, -0.2) is 41.6 Å². The molecule has 0 N–H and O–H groups in total. The molecule has 19 heavy (non-hydrogen) atoms. The third kappa shape index (κ3) is 3.45. The van der Waals surface area contributed by atoms with Crippen molar-refractivity contribution in [2.45, 2.75) is 32.8 Å². The largest absolute Gasteiger partial charge is 0.378 e. The Morgan fingerprint density at radius 1 is 1.53 bits per heavy atom. The summed E-state index contributed by atoms with van der Waals surface area (Å²) in [6.07, 6.45) is 3.61. The van der Waals surface area contributed by atoms with E-state index < -0.39 is 0 Å². The summed E-state index contributed by atoms with van der Waals surface area (Å²) in [5.41, 5.74) is 1.30. The average Bonchev–Trinajstić information content (AvgIpc) is 2.39. The van der Waals surface area contributed by atoms with Crippen molar-refractivity contribution in [1.29, 1.82) is 0 Å². The first kappa shape index (κ1) is 14.3. The van der Waals surface area contributed by atoms with E-state index in [2.05, 4.69) is 4.98 Å². The summed E-state index contributed by atoms with van der Waals surface area (Å²) < 4.78 is 5.58. The minimum atomic E-state index is -0.0348. The molecule has 1 aromatic heterocycles. The fourth-order valence-corrected chi connectivity index (χ4v) is 2.60. The summed E-state index contributed by atoms with van der Waals surface area (Å²) in [5, 5.41) is 0.476. The predicted molar refractivity (Wildman–Crippen MR) is 74.5 cm³/mol. The maximum atomic E-state index is 12.4. The first-order valence-corrected chi connectivity index (χ1v) is 7.02. The van der Waals surface area contributed by atoms with Gasteiger partial charge in [0.15, 0.2) is 0 Å². The zero-order valence-electron chi connectivity index (χ0n) is 11.4. The Hall–Kier alpha value is -1.13. The van der Waals surface area contributed by atoms with Gasteiger partial charge in [-0.25, -0.2) is 0 Å². The van der Waals surface area contributed by atoms with Crippen LogP contribution in [0.25, 0.3) is 0 Å². The number of ether oxygens (including phenoxy) is 1. The number of aromatic nitrogens is 1. The summed E-state index contributed by atoms with van der Waals surface area (Å²) in [7, 11) is 0. The molecule has 0 spiro atoms. The van der Waals surface area contributed by atoms with Gasteiger partial charge in [-0.15, -0.1) is 0 Å². The van der Waals surface area contributed by atoms with Gasteiger partial charge in [-0.3, -0.25) is 9.78 Å². The highest BCUT2D eigenvalue weighted by Crippen LogP contribution is 2.21. The van der Waals surface area contributed by atoms with Gasteiger partial charge in [-0.1, -0.05) is 11.6 Å². The lowest BCUT2D eigenvalue weighted by atomic mass is 10.1. The number of likely N-dealkylation sites (tertiary alicyclic amines) is 1. The molecular formula is C14H19ClN2O2. The Labute approximate surface area is 118 Å². The van der Waals surface area contributed by atoms with Crippen LogP contribution >= 0.6 is 11.6 Å². The summed E-state index contributed by atoms with van der Waals surface area (Å²) in [4.78, 5) is 18.3. The van der Waals surface area contributed by atoms with Crippen LogP contribution in [0.15, 0.2) is 12.3 Å². The van der Waals surface area contributed by atoms with Crippen molar-refractivity contribution in [2.24, 2.45) is 0 Å². The van der Waals surface area contributed by atoms with E-state index in [1.807, 2.05) is 18.7 Å². The lowest BCUT2D eigenvalue weighted by Crippen LogP contribution is -2.41. The van der Waals surface area contributed by atoms with Crippen LogP contribution in [-0.2, 0) is 4.74 Å². The Morgan fingerprint density at radius 2 is 2.21 bits per heavy atom. The van der Waals surface area contributed by atoms with Crippen molar-refractivity contribution in [3.63, 3.8) is 0 Å². The number of piperidine rings is 1. The molecule has 0 bridgehead atoms. The van der Waals surface area contributed by atoms with Gasteiger partial charge in [0.25, 0.3) is 5.91 Å². The molecule has 5 heteroatoms. The molecule has 0 aromatic carbocycles. The summed E-state index contributed by atoms with van der Waals surface area (Å²) in [6, 6.07) is 1.72. The Morgan fingerprint density at radius 3 is 2.79 bits per heavy atom. The van der Waals surface area contributed by atoms with Crippen LogP contribution in [0.3, 0.4) is 0 Å². The van der Waals surface area contributed by atoms with E-state index in [9.17, 15) is 4.79 Å². The van der Waals surface area contributed by atoms with Gasteiger partial charge in [0.05, 0.1) is 16.7 Å². The average molecular weight is 283 g/mol. The molecule has 1 aliphatic rings. The molecule has 0 atom stereocenters. The molecule has 1 saturated heterocycles. The highest BCUT2D eigenvalue weighted by molar-refractivity contribution is 6.33. The minimum absolute atomic E-state index is 0.0348. The standard InChI is InChI=1S/C14H19ClN2O2/c1-3-19-11-4-6-17(7-5-11)14(18)12-9-16-10(2)8-13(12)15/h8-9,11H,3-7H2,1-2H3. The monoisotopic (exact) mass is 282 g/mol. The van der Waals surface area contributed by atoms with Crippen molar-refractivity contribution >= 4 is 17.5 Å². The van der Waals surface area contributed by atoms with Gasteiger partial charge in [-0.05, 0) is 32.8 Å². The molecule has 0 saturated carbocycles. The molecule has 1 fully saturated rings. The third-order valence-electron chi connectivity index (χ3n) is 3.35. The van der Waals surface area contributed by atoms with Gasteiger partial charge in [0.2, 0.25) is 0 Å². The zero-order valence-corrected chi connectivity index (χ0v) is 12.1. The molecule has 4 nitrogen and oxygen atoms in total. The van der Waals surface area contributed by atoms with Crippen LogP contribution in [0.1, 0.15) is 35.8 Å². The van der Waals surface area contributed by atoms with E-state index >= 15 is 0 Å². The van der Waals surface area contributed by atoms with E-state index in [4.69, 9.17) is 16.3 Å². The van der Waals surface area contributed by atoms with Crippen LogP contribution in [0.2, 0.25) is 5.02 Å². The topological polar surface area (TPSA) is 42.4 Å². The molecule has 1 aliphatic heterocycles. The summed E-state index contributed by atoms with van der Waals surface area (Å²) >= 11 is 6.11. The predicted octanol–water partition coefficient (Wildman–Crippen LogP) is 2.68. The smallest absolute Gasteiger partial charge is 0.256 e. The second-order valence-corrected chi connectivity index (χ2v) is 5.16. The fourth-order valence-electron chi connectivity index (χ4n) is 2.32. The van der Waals surface area contributed by atoms with Gasteiger partial charge in [0.1, 0.15) is 0 Å². The maximum absolute atomic E-state index is 12.4. The van der Waals surface area contributed by atoms with Crippen LogP contribution in [0.5, 0.6) is 0 Å². The normalized spacial score (nSPS) is 16.7. The van der Waals surface area contributed by atoms with E-state index in [0.717, 1.165) is 25.1 Å². The van der Waals surface area contributed by atoms with E-state index in [1.165, 1.54) is 0 Å². The van der Waals surface area contributed by atoms with Crippen LogP contribution in [0.4, 0.5) is 0 Å². The third-order valence-corrected chi connectivity index (χ3v) is 3.66. The van der Waals surface area contributed by atoms with Crippen molar-refractivity contribution < 1.29 is 9.53 Å². The number of rotatable bonds is 3. The number of amides is 1. The number of carbonyl (C=O) groups is 1. The zero-order chi connectivity index (χ0) is 13.8. The number of halogens is 1. The number of aryl methyl sites for hydroxylation is 1. The number of carbonyl (C=O) groups excluding carboxylic acids is 1. The number of nitrogens with zero attached hydrogens (tertiary/aromatic N) is 2. The lowest BCUT2D eigenvalue weighted by molar-refractivity contribution is 0.0146. The van der Waals surface area contributed by atoms with Crippen molar-refractivity contribution in [1.82, 2.24) is 9.88 Å². The molecular weight excluding hydrogens is 264 g/mol. The quantitative estimate of drug-likeness (QED) is 0.856. The summed E-state index contributed by atoms with van der Waals surface area (Å²) in [6.45, 7) is 6.01. The Balaban J connectivity index is 2.01. The molecule has 1 amide bonds. The first-order chi connectivity index (χ1) is 9.11. The highest BCUT2D eigenvalue weighted by Gasteiger charge is 2.25. The second-order valence-electron chi connectivity index (χ2n) is 4.75. The molecule has 0 unspecified atom stereocenters. The van der Waals surface area contributed by atoms with E-state index in [-0.39, 0.29) is 12.0 Å². The number of hydrogen-bond donors (Lipinski definition) is 0. The van der Waals surface area contributed by atoms with Gasteiger partial charge >= 0.3 is 0 Å². The van der Waals surface area contributed by atoms with Crippen LogP contribution < -0.4 is 0 Å². The number of pyridine rings is 1. The Bertz CT molecular complexity index is 457. The van der Waals surface area contributed by atoms with E-state index in [1.54, 1.807) is 12.3 Å². The lowest BCUT2D eigenvalue weighted by Gasteiger charge is -2.31. The second kappa shape index (κ2) is 6.35. The maximum Gasteiger partial charge on any atom is 0.256 e. The first-order valence-electron chi connectivity index (χ1n) is 6.64. The molecule has 1 aromatic rings. The molecule has 0 aliphatic carbocycles. The molecule has 2 rings (SSSR count). The van der Waals surface area contributed by atoms with Crippen molar-refractivity contribution in [3.05, 3.63) is 28.5 Å². The SMILES string of the molecule is CCOC1CCN(C(=O)c2cnc(C)cc2Cl)CC1. The highest BCUT2D eigenvalue weighted by atomic mass is 35.5. The minimum Gasteiger partial charge on any atom is -0.378 e. The van der Waals surface area contributed by atoms with Gasteiger partial charge < -0.3 is 9.64 Å². The van der Waals surface area contributed by atoms with Crippen molar-refractivity contribution in [3.8, 4) is 0 Å². The summed E-state index contributed by atoms with van der Waals surface area (Å²) in [5.74, 6) is -0.0348. The van der Waals surface area contributed by atoms with Crippen molar-refractivity contribution in [2.75, 3.05) is 19.7 Å². The van der Waals surface area contributed by atoms with E-state index in [0.29, 0.717) is 23.7 Å². The van der Waals surface area contributed by atoms with Gasteiger partial charge in [0, 0.05) is 31.6 Å². The Kier molecular flexibility index (Phi) is 4.77. The van der Waals surface area contributed by atoms with Gasteiger partial charge in [-0.2, -0.15) is 0 Å². The van der Waals surface area contributed by atoms with Crippen LogP contribution in [0, 0.1) is 6.92 Å². The number of hydrogen-bond acceptors (Lipinski definition) is 3.